The smallest absolute Gasteiger partial charge is 0.265 e. The van der Waals surface area contributed by atoms with Crippen molar-refractivity contribution in [2.24, 2.45) is 5.84 Å². The molecule has 0 saturated carbocycles. The number of nitrogens with zero attached hydrogens (tertiary/aromatic N) is 1. The summed E-state index contributed by atoms with van der Waals surface area (Å²) in [7, 11) is 0. The molecule has 2 amide bonds. The summed E-state index contributed by atoms with van der Waals surface area (Å²) in [4.78, 5) is 25.7. The lowest BCUT2D eigenvalue weighted by molar-refractivity contribution is -0.115. The van der Waals surface area contributed by atoms with Crippen LogP contribution < -0.4 is 16.2 Å². The normalized spacial score (nSPS) is 17.2. The van der Waals surface area contributed by atoms with Gasteiger partial charge in [0.2, 0.25) is 5.91 Å². The molecular weight excluding hydrogens is 329 g/mol. The molecule has 0 aliphatic carbocycles. The molecule has 5 nitrogen and oxygen atoms in total. The maximum atomic E-state index is 13.2. The minimum Gasteiger partial charge on any atom is -0.295 e. The van der Waals surface area contributed by atoms with E-state index >= 15 is 0 Å². The van der Waals surface area contributed by atoms with E-state index in [-0.39, 0.29) is 23.0 Å². The highest BCUT2D eigenvalue weighted by Crippen LogP contribution is 2.42. The Balaban J connectivity index is 1.98. The number of rotatable bonds is 3. The maximum Gasteiger partial charge on any atom is 0.265 e. The lowest BCUT2D eigenvalue weighted by atomic mass is 10.1. The van der Waals surface area contributed by atoms with E-state index in [1.807, 2.05) is 6.92 Å². The number of benzene rings is 2. The molecular formula is C17H16FN3O2S. The topological polar surface area (TPSA) is 75.4 Å². The molecule has 2 aromatic carbocycles. The Morgan fingerprint density at radius 1 is 1.29 bits per heavy atom. The summed E-state index contributed by atoms with van der Waals surface area (Å²) < 4.78 is 13.2. The minimum absolute atomic E-state index is 0.0200. The molecule has 0 spiro atoms. The first kappa shape index (κ1) is 16.5. The number of halogens is 1. The summed E-state index contributed by atoms with van der Waals surface area (Å²) in [5.74, 6) is 4.78. The second-order valence-corrected chi connectivity index (χ2v) is 6.52. The molecule has 1 heterocycles. The zero-order valence-corrected chi connectivity index (χ0v) is 13.8. The van der Waals surface area contributed by atoms with Crippen molar-refractivity contribution in [3.63, 3.8) is 0 Å². The van der Waals surface area contributed by atoms with E-state index in [9.17, 15) is 14.0 Å². The van der Waals surface area contributed by atoms with Crippen LogP contribution in [0, 0.1) is 12.7 Å². The van der Waals surface area contributed by atoms with E-state index < -0.39 is 0 Å². The first-order chi connectivity index (χ1) is 11.5. The molecule has 3 rings (SSSR count). The standard InChI is InChI=1S/C17H16FN3O2S/c1-10-8-12(16(23)20-19)4-7-14(10)21-15(22)9-24-17(21)11-2-5-13(18)6-3-11/h2-8,17H,9,19H2,1H3,(H,20,23). The van der Waals surface area contributed by atoms with E-state index in [4.69, 9.17) is 5.84 Å². The predicted molar refractivity (Wildman–Crippen MR) is 91.9 cm³/mol. The van der Waals surface area contributed by atoms with Crippen molar-refractivity contribution in [3.8, 4) is 0 Å². The minimum atomic E-state index is -0.387. The van der Waals surface area contributed by atoms with Crippen LogP contribution in [-0.4, -0.2) is 17.6 Å². The molecule has 1 fully saturated rings. The van der Waals surface area contributed by atoms with Crippen molar-refractivity contribution in [3.05, 3.63) is 65.0 Å². The van der Waals surface area contributed by atoms with Crippen LogP contribution in [0.2, 0.25) is 0 Å². The van der Waals surface area contributed by atoms with Gasteiger partial charge in [0.15, 0.2) is 0 Å². The van der Waals surface area contributed by atoms with Crippen molar-refractivity contribution < 1.29 is 14.0 Å². The summed E-state index contributed by atoms with van der Waals surface area (Å²) >= 11 is 1.49. The molecule has 124 valence electrons. The monoisotopic (exact) mass is 345 g/mol. The van der Waals surface area contributed by atoms with Gasteiger partial charge in [-0.1, -0.05) is 12.1 Å². The van der Waals surface area contributed by atoms with Gasteiger partial charge in [0.05, 0.1) is 5.75 Å². The summed E-state index contributed by atoms with van der Waals surface area (Å²) in [5.41, 5.74) is 4.89. The lowest BCUT2D eigenvalue weighted by Crippen LogP contribution is -2.31. The molecule has 1 aliphatic heterocycles. The number of hydrogen-bond acceptors (Lipinski definition) is 4. The fourth-order valence-corrected chi connectivity index (χ4v) is 3.88. The van der Waals surface area contributed by atoms with Gasteiger partial charge in [0.1, 0.15) is 11.2 Å². The van der Waals surface area contributed by atoms with Crippen molar-refractivity contribution in [1.82, 2.24) is 5.43 Å². The summed E-state index contributed by atoms with van der Waals surface area (Å²) in [6.45, 7) is 1.83. The number of anilines is 1. The highest BCUT2D eigenvalue weighted by Gasteiger charge is 2.34. The fourth-order valence-electron chi connectivity index (χ4n) is 2.71. The van der Waals surface area contributed by atoms with Crippen molar-refractivity contribution in [2.75, 3.05) is 10.7 Å². The fraction of sp³-hybridized carbons (Fsp3) is 0.176. The molecule has 1 saturated heterocycles. The van der Waals surface area contributed by atoms with Crippen LogP contribution in [0.1, 0.15) is 26.9 Å². The van der Waals surface area contributed by atoms with Gasteiger partial charge in [-0.05, 0) is 48.4 Å². The summed E-state index contributed by atoms with van der Waals surface area (Å²) in [6.07, 6.45) is 0. The number of carbonyl (C=O) groups is 2. The van der Waals surface area contributed by atoms with Gasteiger partial charge in [0, 0.05) is 11.3 Å². The number of hydrazine groups is 1. The predicted octanol–water partition coefficient (Wildman–Crippen LogP) is 2.52. The number of thioether (sulfide) groups is 1. The van der Waals surface area contributed by atoms with Crippen molar-refractivity contribution in [1.29, 1.82) is 0 Å². The number of aryl methyl sites for hydroxylation is 1. The average molecular weight is 345 g/mol. The Bertz CT molecular complexity index is 795. The van der Waals surface area contributed by atoms with Crippen LogP contribution in [0.5, 0.6) is 0 Å². The van der Waals surface area contributed by atoms with E-state index in [1.165, 1.54) is 23.9 Å². The second kappa shape index (κ2) is 6.62. The molecule has 3 N–H and O–H groups in total. The van der Waals surface area contributed by atoms with E-state index in [0.717, 1.165) is 16.8 Å². The lowest BCUT2D eigenvalue weighted by Gasteiger charge is -2.26. The summed E-state index contributed by atoms with van der Waals surface area (Å²) in [6, 6.07) is 11.2. The van der Waals surface area contributed by atoms with Gasteiger partial charge in [-0.25, -0.2) is 10.2 Å². The van der Waals surface area contributed by atoms with Crippen LogP contribution in [0.15, 0.2) is 42.5 Å². The van der Waals surface area contributed by atoms with E-state index in [1.54, 1.807) is 35.2 Å². The zero-order chi connectivity index (χ0) is 17.3. The molecule has 1 atom stereocenters. The molecule has 7 heteroatoms. The van der Waals surface area contributed by atoms with E-state index in [2.05, 4.69) is 5.43 Å². The van der Waals surface area contributed by atoms with Crippen LogP contribution >= 0.6 is 11.8 Å². The molecule has 0 bridgehead atoms. The first-order valence-electron chi connectivity index (χ1n) is 7.32. The second-order valence-electron chi connectivity index (χ2n) is 5.45. The largest absolute Gasteiger partial charge is 0.295 e. The third-order valence-corrected chi connectivity index (χ3v) is 5.08. The SMILES string of the molecule is Cc1cc(C(=O)NN)ccc1N1C(=O)CSC1c1ccc(F)cc1. The maximum absolute atomic E-state index is 13.2. The number of hydrogen-bond donors (Lipinski definition) is 2. The third-order valence-electron chi connectivity index (χ3n) is 3.87. The van der Waals surface area contributed by atoms with Crippen LogP contribution in [0.4, 0.5) is 10.1 Å². The number of nitrogens with two attached hydrogens (primary N) is 1. The van der Waals surface area contributed by atoms with Crippen molar-refractivity contribution >= 4 is 29.3 Å². The van der Waals surface area contributed by atoms with E-state index in [0.29, 0.717) is 11.3 Å². The molecule has 0 radical (unpaired) electrons. The summed E-state index contributed by atoms with van der Waals surface area (Å²) in [5, 5.41) is -0.217. The van der Waals surface area contributed by atoms with Gasteiger partial charge in [-0.2, -0.15) is 0 Å². The Kier molecular flexibility index (Phi) is 4.55. The average Bonchev–Trinajstić information content (AvgIpc) is 2.96. The van der Waals surface area contributed by atoms with Crippen molar-refractivity contribution in [2.45, 2.75) is 12.3 Å². The number of carbonyl (C=O) groups excluding carboxylic acids is 2. The van der Waals surface area contributed by atoms with Crippen LogP contribution in [-0.2, 0) is 4.79 Å². The highest BCUT2D eigenvalue weighted by molar-refractivity contribution is 8.00. The molecule has 1 unspecified atom stereocenters. The molecule has 2 aromatic rings. The molecule has 1 aliphatic rings. The van der Waals surface area contributed by atoms with Gasteiger partial charge in [-0.15, -0.1) is 11.8 Å². The van der Waals surface area contributed by atoms with Crippen LogP contribution in [0.25, 0.3) is 0 Å². The Labute approximate surface area is 143 Å². The number of amides is 2. The molecule has 0 aromatic heterocycles. The Hall–Kier alpha value is -2.38. The van der Waals surface area contributed by atoms with Gasteiger partial charge >= 0.3 is 0 Å². The third kappa shape index (κ3) is 3.00. The zero-order valence-electron chi connectivity index (χ0n) is 13.0. The molecule has 24 heavy (non-hydrogen) atoms. The first-order valence-corrected chi connectivity index (χ1v) is 8.37. The Morgan fingerprint density at radius 2 is 2.00 bits per heavy atom. The van der Waals surface area contributed by atoms with Gasteiger partial charge < -0.3 is 0 Å². The number of nitrogens with one attached hydrogen (secondary N) is 1. The van der Waals surface area contributed by atoms with Gasteiger partial charge in [0.25, 0.3) is 5.91 Å². The quantitative estimate of drug-likeness (QED) is 0.509. The highest BCUT2D eigenvalue weighted by atomic mass is 32.2. The van der Waals surface area contributed by atoms with Crippen LogP contribution in [0.3, 0.4) is 0 Å². The number of nitrogen functional groups attached to an aromatic ring is 1. The Morgan fingerprint density at radius 3 is 2.62 bits per heavy atom. The van der Waals surface area contributed by atoms with Gasteiger partial charge in [-0.3, -0.25) is 19.9 Å².